The highest BCUT2D eigenvalue weighted by Gasteiger charge is 2.40. The van der Waals surface area contributed by atoms with E-state index in [1.54, 1.807) is 22.7 Å². The molecular weight excluding hydrogens is 322 g/mol. The predicted octanol–water partition coefficient (Wildman–Crippen LogP) is 2.21. The van der Waals surface area contributed by atoms with Gasteiger partial charge in [0.2, 0.25) is 0 Å². The summed E-state index contributed by atoms with van der Waals surface area (Å²) in [5.41, 5.74) is 0.0817. The summed E-state index contributed by atoms with van der Waals surface area (Å²) in [6.45, 7) is 2.36. The Balaban J connectivity index is 1.89. The topological polar surface area (TPSA) is 84.7 Å². The summed E-state index contributed by atoms with van der Waals surface area (Å²) in [4.78, 5) is 26.0. The second-order valence-corrected chi connectivity index (χ2v) is 6.52. The predicted molar refractivity (Wildman–Crippen MR) is 91.0 cm³/mol. The summed E-state index contributed by atoms with van der Waals surface area (Å²) >= 11 is 0. The number of likely N-dealkylation sites (tertiary alicyclic amines) is 1. The minimum absolute atomic E-state index is 0.169. The second-order valence-electron chi connectivity index (χ2n) is 6.52. The molecule has 2 aromatic rings. The van der Waals surface area contributed by atoms with Crippen molar-refractivity contribution in [3.63, 3.8) is 0 Å². The van der Waals surface area contributed by atoms with Crippen molar-refractivity contribution in [2.24, 2.45) is 5.41 Å². The largest absolute Gasteiger partial charge is 0.493 e. The SMILES string of the molecule is COc1cn(-c2ccccc2)nc1C(=O)N1CCCC(C)(C(=O)O)C1. The van der Waals surface area contributed by atoms with E-state index in [1.165, 1.54) is 7.11 Å². The number of carboxylic acid groups (broad SMARTS) is 1. The van der Waals surface area contributed by atoms with Crippen LogP contribution in [-0.4, -0.2) is 51.9 Å². The zero-order valence-electron chi connectivity index (χ0n) is 14.3. The molecule has 2 heterocycles. The van der Waals surface area contributed by atoms with Crippen molar-refractivity contribution in [3.8, 4) is 11.4 Å². The Morgan fingerprint density at radius 1 is 1.28 bits per heavy atom. The summed E-state index contributed by atoms with van der Waals surface area (Å²) in [5.74, 6) is -0.818. The maximum absolute atomic E-state index is 12.9. The first-order valence-corrected chi connectivity index (χ1v) is 8.16. The fourth-order valence-electron chi connectivity index (χ4n) is 3.11. The van der Waals surface area contributed by atoms with Crippen molar-refractivity contribution < 1.29 is 19.4 Å². The molecule has 0 bridgehead atoms. The van der Waals surface area contributed by atoms with Crippen molar-refractivity contribution in [3.05, 3.63) is 42.2 Å². The van der Waals surface area contributed by atoms with Gasteiger partial charge < -0.3 is 14.7 Å². The Morgan fingerprint density at radius 2 is 2.00 bits per heavy atom. The third-order valence-electron chi connectivity index (χ3n) is 4.62. The van der Waals surface area contributed by atoms with Crippen LogP contribution in [0.4, 0.5) is 0 Å². The van der Waals surface area contributed by atoms with Gasteiger partial charge in [-0.1, -0.05) is 18.2 Å². The van der Waals surface area contributed by atoms with Gasteiger partial charge in [-0.05, 0) is 31.9 Å². The molecule has 0 aliphatic carbocycles. The van der Waals surface area contributed by atoms with Crippen LogP contribution < -0.4 is 4.74 Å². The van der Waals surface area contributed by atoms with Gasteiger partial charge in [0.1, 0.15) is 0 Å². The number of ether oxygens (including phenoxy) is 1. The molecular formula is C18H21N3O4. The number of aromatic nitrogens is 2. The molecule has 132 valence electrons. The number of nitrogens with zero attached hydrogens (tertiary/aromatic N) is 3. The molecule has 1 unspecified atom stereocenters. The number of aliphatic carboxylic acids is 1. The number of carbonyl (C=O) groups is 2. The Bertz CT molecular complexity index is 787. The Hall–Kier alpha value is -2.83. The van der Waals surface area contributed by atoms with Crippen LogP contribution >= 0.6 is 0 Å². The molecule has 3 rings (SSSR count). The average molecular weight is 343 g/mol. The average Bonchev–Trinajstić information content (AvgIpc) is 3.06. The van der Waals surface area contributed by atoms with Gasteiger partial charge in [-0.15, -0.1) is 0 Å². The first-order valence-electron chi connectivity index (χ1n) is 8.16. The van der Waals surface area contributed by atoms with Gasteiger partial charge in [-0.25, -0.2) is 4.68 Å². The van der Waals surface area contributed by atoms with E-state index in [2.05, 4.69) is 5.10 Å². The van der Waals surface area contributed by atoms with Gasteiger partial charge in [0.15, 0.2) is 11.4 Å². The number of hydrogen-bond acceptors (Lipinski definition) is 4. The van der Waals surface area contributed by atoms with Crippen molar-refractivity contribution in [1.82, 2.24) is 14.7 Å². The first-order chi connectivity index (χ1) is 11.9. The molecule has 25 heavy (non-hydrogen) atoms. The minimum atomic E-state index is -0.927. The molecule has 0 radical (unpaired) electrons. The van der Waals surface area contributed by atoms with Crippen LogP contribution in [0.1, 0.15) is 30.3 Å². The van der Waals surface area contributed by atoms with Gasteiger partial charge >= 0.3 is 5.97 Å². The molecule has 1 N–H and O–H groups in total. The zero-order chi connectivity index (χ0) is 18.0. The monoisotopic (exact) mass is 343 g/mol. The first kappa shape index (κ1) is 17.0. The highest BCUT2D eigenvalue weighted by molar-refractivity contribution is 5.95. The van der Waals surface area contributed by atoms with Gasteiger partial charge in [0.05, 0.1) is 24.4 Å². The van der Waals surface area contributed by atoms with E-state index in [-0.39, 0.29) is 18.1 Å². The minimum Gasteiger partial charge on any atom is -0.493 e. The number of hydrogen-bond donors (Lipinski definition) is 1. The Morgan fingerprint density at radius 3 is 2.64 bits per heavy atom. The molecule has 1 saturated heterocycles. The number of methoxy groups -OCH3 is 1. The molecule has 7 nitrogen and oxygen atoms in total. The number of amides is 1. The van der Waals surface area contributed by atoms with Gasteiger partial charge in [0, 0.05) is 13.1 Å². The Labute approximate surface area is 145 Å². The lowest BCUT2D eigenvalue weighted by Crippen LogP contribution is -2.48. The quantitative estimate of drug-likeness (QED) is 0.920. The van der Waals surface area contributed by atoms with Crippen molar-refractivity contribution in [2.75, 3.05) is 20.2 Å². The van der Waals surface area contributed by atoms with E-state index in [9.17, 15) is 14.7 Å². The van der Waals surface area contributed by atoms with Crippen molar-refractivity contribution in [1.29, 1.82) is 0 Å². The van der Waals surface area contributed by atoms with E-state index in [1.807, 2.05) is 30.3 Å². The van der Waals surface area contributed by atoms with Crippen LogP contribution in [0.5, 0.6) is 5.75 Å². The molecule has 1 aliphatic heterocycles. The molecule has 1 aromatic heterocycles. The highest BCUT2D eigenvalue weighted by Crippen LogP contribution is 2.31. The number of carboxylic acids is 1. The summed E-state index contributed by atoms with van der Waals surface area (Å²) < 4.78 is 6.90. The van der Waals surface area contributed by atoms with Crippen molar-refractivity contribution >= 4 is 11.9 Å². The number of piperidine rings is 1. The fraction of sp³-hybridized carbons (Fsp3) is 0.389. The summed E-state index contributed by atoms with van der Waals surface area (Å²) in [6.07, 6.45) is 2.86. The number of benzene rings is 1. The molecule has 1 amide bonds. The van der Waals surface area contributed by atoms with Crippen LogP contribution in [0.25, 0.3) is 5.69 Å². The van der Waals surface area contributed by atoms with E-state index in [0.29, 0.717) is 25.1 Å². The Kier molecular flexibility index (Phi) is 4.48. The molecule has 0 saturated carbocycles. The lowest BCUT2D eigenvalue weighted by molar-refractivity contribution is -0.150. The molecule has 1 aromatic carbocycles. The highest BCUT2D eigenvalue weighted by atomic mass is 16.5. The van der Waals surface area contributed by atoms with E-state index in [0.717, 1.165) is 5.69 Å². The van der Waals surface area contributed by atoms with E-state index < -0.39 is 11.4 Å². The van der Waals surface area contributed by atoms with Crippen molar-refractivity contribution in [2.45, 2.75) is 19.8 Å². The van der Waals surface area contributed by atoms with Gasteiger partial charge in [0.25, 0.3) is 5.91 Å². The molecule has 1 aliphatic rings. The van der Waals surface area contributed by atoms with E-state index >= 15 is 0 Å². The third-order valence-corrected chi connectivity index (χ3v) is 4.62. The normalized spacial score (nSPS) is 20.3. The summed E-state index contributed by atoms with van der Waals surface area (Å²) in [7, 11) is 1.49. The van der Waals surface area contributed by atoms with E-state index in [4.69, 9.17) is 4.74 Å². The summed E-state index contributed by atoms with van der Waals surface area (Å²) in [6, 6.07) is 9.42. The van der Waals surface area contributed by atoms with Crippen LogP contribution in [0, 0.1) is 5.41 Å². The lowest BCUT2D eigenvalue weighted by Gasteiger charge is -2.37. The van der Waals surface area contributed by atoms with Gasteiger partial charge in [-0.2, -0.15) is 5.10 Å². The smallest absolute Gasteiger partial charge is 0.311 e. The van der Waals surface area contributed by atoms with Crippen LogP contribution in [0.3, 0.4) is 0 Å². The maximum Gasteiger partial charge on any atom is 0.311 e. The maximum atomic E-state index is 12.9. The fourth-order valence-corrected chi connectivity index (χ4v) is 3.11. The van der Waals surface area contributed by atoms with Gasteiger partial charge in [-0.3, -0.25) is 9.59 Å². The second kappa shape index (κ2) is 6.58. The molecule has 7 heteroatoms. The van der Waals surface area contributed by atoms with Crippen LogP contribution in [0.15, 0.2) is 36.5 Å². The summed E-state index contributed by atoms with van der Waals surface area (Å²) in [5, 5.41) is 13.8. The standard InChI is InChI=1S/C18H21N3O4/c1-18(17(23)24)9-6-10-20(12-18)16(22)15-14(25-2)11-21(19-15)13-7-4-3-5-8-13/h3-5,7-8,11H,6,9-10,12H2,1-2H3,(H,23,24). The zero-order valence-corrected chi connectivity index (χ0v) is 14.3. The molecule has 1 fully saturated rings. The lowest BCUT2D eigenvalue weighted by atomic mass is 9.82. The molecule has 0 spiro atoms. The van der Waals surface area contributed by atoms with Crippen LogP contribution in [-0.2, 0) is 4.79 Å². The third kappa shape index (κ3) is 3.22. The van der Waals surface area contributed by atoms with Crippen LogP contribution in [0.2, 0.25) is 0 Å². The molecule has 1 atom stereocenters. The number of carbonyl (C=O) groups excluding carboxylic acids is 1. The number of rotatable bonds is 4. The number of para-hydroxylation sites is 1.